The van der Waals surface area contributed by atoms with Crippen LogP contribution in [0.1, 0.15) is 33.1 Å². The van der Waals surface area contributed by atoms with Crippen molar-refractivity contribution in [1.82, 2.24) is 0 Å². The summed E-state index contributed by atoms with van der Waals surface area (Å²) in [5, 5.41) is 8.71. The molecule has 0 aromatic carbocycles. The Hall–Kier alpha value is -1.05. The Labute approximate surface area is 85.3 Å². The number of aliphatic carboxylic acids is 1. The largest absolute Gasteiger partial charge is 0.478 e. The van der Waals surface area contributed by atoms with E-state index >= 15 is 0 Å². The average Bonchev–Trinajstić information content (AvgIpc) is 2.07. The minimum atomic E-state index is -0.825. The molecule has 2 heteroatoms. The van der Waals surface area contributed by atoms with Crippen molar-refractivity contribution in [3.63, 3.8) is 0 Å². The van der Waals surface area contributed by atoms with E-state index < -0.39 is 5.97 Å². The van der Waals surface area contributed by atoms with Crippen LogP contribution in [0.25, 0.3) is 0 Å². The highest BCUT2D eigenvalue weighted by molar-refractivity contribution is 5.80. The molecule has 1 aliphatic rings. The maximum absolute atomic E-state index is 10.6. The number of carboxylic acid groups (broad SMARTS) is 1. The van der Waals surface area contributed by atoms with Crippen LogP contribution >= 0.6 is 0 Å². The minimum absolute atomic E-state index is 0.418. The van der Waals surface area contributed by atoms with Gasteiger partial charge >= 0.3 is 5.97 Å². The normalized spacial score (nSPS) is 30.3. The lowest BCUT2D eigenvalue weighted by Gasteiger charge is -2.29. The quantitative estimate of drug-likeness (QED) is 0.542. The van der Waals surface area contributed by atoms with Gasteiger partial charge in [0.25, 0.3) is 0 Å². The molecule has 1 N–H and O–H groups in total. The number of hydrogen-bond donors (Lipinski definition) is 1. The molecule has 0 heterocycles. The number of hydrogen-bond acceptors (Lipinski definition) is 1. The molecule has 14 heavy (non-hydrogen) atoms. The van der Waals surface area contributed by atoms with Gasteiger partial charge in [-0.1, -0.05) is 24.6 Å². The van der Waals surface area contributed by atoms with Crippen molar-refractivity contribution >= 4 is 5.97 Å². The van der Waals surface area contributed by atoms with E-state index in [9.17, 15) is 4.79 Å². The summed E-state index contributed by atoms with van der Waals surface area (Å²) in [7, 11) is 0. The SMILES string of the molecule is C=C(C)C1CCC(C)/C(=C/C(=O)O)C1. The molecule has 0 radical (unpaired) electrons. The zero-order chi connectivity index (χ0) is 10.7. The lowest BCUT2D eigenvalue weighted by molar-refractivity contribution is -0.131. The van der Waals surface area contributed by atoms with Gasteiger partial charge in [-0.15, -0.1) is 0 Å². The highest BCUT2D eigenvalue weighted by Gasteiger charge is 2.23. The monoisotopic (exact) mass is 194 g/mol. The Morgan fingerprint density at radius 1 is 1.57 bits per heavy atom. The van der Waals surface area contributed by atoms with E-state index in [1.807, 2.05) is 6.92 Å². The number of carboxylic acids is 1. The fourth-order valence-electron chi connectivity index (χ4n) is 2.00. The summed E-state index contributed by atoms with van der Waals surface area (Å²) in [6.07, 6.45) is 4.48. The first-order valence-corrected chi connectivity index (χ1v) is 5.09. The van der Waals surface area contributed by atoms with Gasteiger partial charge in [0.15, 0.2) is 0 Å². The Kier molecular flexibility index (Phi) is 3.50. The maximum atomic E-state index is 10.6. The summed E-state index contributed by atoms with van der Waals surface area (Å²) >= 11 is 0. The molecule has 0 aromatic rings. The molecule has 0 aliphatic heterocycles. The molecule has 1 rings (SSSR count). The van der Waals surface area contributed by atoms with Gasteiger partial charge in [0, 0.05) is 6.08 Å². The summed E-state index contributed by atoms with van der Waals surface area (Å²) in [5.74, 6) is 0.0766. The third-order valence-corrected chi connectivity index (χ3v) is 3.07. The van der Waals surface area contributed by atoms with Crippen LogP contribution in [0.5, 0.6) is 0 Å². The van der Waals surface area contributed by atoms with E-state index in [0.717, 1.165) is 24.8 Å². The molecule has 2 atom stereocenters. The van der Waals surface area contributed by atoms with Crippen molar-refractivity contribution < 1.29 is 9.90 Å². The summed E-state index contributed by atoms with van der Waals surface area (Å²) < 4.78 is 0. The van der Waals surface area contributed by atoms with Gasteiger partial charge in [-0.2, -0.15) is 0 Å². The molecule has 0 spiro atoms. The van der Waals surface area contributed by atoms with Crippen LogP contribution in [0.2, 0.25) is 0 Å². The van der Waals surface area contributed by atoms with Crippen molar-refractivity contribution in [2.24, 2.45) is 11.8 Å². The Balaban J connectivity index is 2.74. The molecule has 1 aliphatic carbocycles. The second-order valence-corrected chi connectivity index (χ2v) is 4.28. The van der Waals surface area contributed by atoms with Crippen LogP contribution in [-0.2, 0) is 4.79 Å². The van der Waals surface area contributed by atoms with Crippen molar-refractivity contribution in [1.29, 1.82) is 0 Å². The standard InChI is InChI=1S/C12H18O2/c1-8(2)10-5-4-9(3)11(6-10)7-12(13)14/h7,9-10H,1,4-6H2,2-3H3,(H,13,14)/b11-7+. The molecule has 0 bridgehead atoms. The smallest absolute Gasteiger partial charge is 0.328 e. The van der Waals surface area contributed by atoms with Gasteiger partial charge in [-0.3, -0.25) is 0 Å². The lowest BCUT2D eigenvalue weighted by atomic mass is 9.76. The topological polar surface area (TPSA) is 37.3 Å². The van der Waals surface area contributed by atoms with Crippen molar-refractivity contribution in [3.05, 3.63) is 23.8 Å². The zero-order valence-electron chi connectivity index (χ0n) is 8.92. The number of allylic oxidation sites excluding steroid dienone is 2. The number of carbonyl (C=O) groups is 1. The second kappa shape index (κ2) is 4.45. The van der Waals surface area contributed by atoms with Crippen molar-refractivity contribution in [3.8, 4) is 0 Å². The molecule has 0 saturated heterocycles. The van der Waals surface area contributed by atoms with Crippen LogP contribution < -0.4 is 0 Å². The Bertz CT molecular complexity index is 276. The van der Waals surface area contributed by atoms with E-state index in [2.05, 4.69) is 13.5 Å². The van der Waals surface area contributed by atoms with Crippen molar-refractivity contribution in [2.75, 3.05) is 0 Å². The summed E-state index contributed by atoms with van der Waals surface area (Å²) in [6.45, 7) is 8.07. The third-order valence-electron chi connectivity index (χ3n) is 3.07. The van der Waals surface area contributed by atoms with Gasteiger partial charge < -0.3 is 5.11 Å². The molecule has 1 saturated carbocycles. The summed E-state index contributed by atoms with van der Waals surface area (Å²) in [6, 6.07) is 0. The first kappa shape index (κ1) is 11.0. The minimum Gasteiger partial charge on any atom is -0.478 e. The summed E-state index contributed by atoms with van der Waals surface area (Å²) in [4.78, 5) is 10.6. The second-order valence-electron chi connectivity index (χ2n) is 4.28. The first-order valence-electron chi connectivity index (χ1n) is 5.09. The highest BCUT2D eigenvalue weighted by atomic mass is 16.4. The van der Waals surface area contributed by atoms with Gasteiger partial charge in [0.05, 0.1) is 0 Å². The van der Waals surface area contributed by atoms with E-state index in [4.69, 9.17) is 5.11 Å². The molecular formula is C12H18O2. The third kappa shape index (κ3) is 2.72. The molecule has 1 fully saturated rings. The molecule has 2 nitrogen and oxygen atoms in total. The Morgan fingerprint density at radius 2 is 2.21 bits per heavy atom. The van der Waals surface area contributed by atoms with E-state index in [0.29, 0.717) is 11.8 Å². The maximum Gasteiger partial charge on any atom is 0.328 e. The number of rotatable bonds is 2. The predicted octanol–water partition coefficient (Wildman–Crippen LogP) is 3.01. The van der Waals surface area contributed by atoms with E-state index in [1.54, 1.807) is 0 Å². The summed E-state index contributed by atoms with van der Waals surface area (Å²) in [5.41, 5.74) is 2.24. The molecule has 0 amide bonds. The van der Waals surface area contributed by atoms with Crippen LogP contribution in [0.4, 0.5) is 0 Å². The fraction of sp³-hybridized carbons (Fsp3) is 0.583. The van der Waals surface area contributed by atoms with Crippen LogP contribution in [0.15, 0.2) is 23.8 Å². The average molecular weight is 194 g/mol. The van der Waals surface area contributed by atoms with Crippen LogP contribution in [0.3, 0.4) is 0 Å². The molecule has 0 aromatic heterocycles. The van der Waals surface area contributed by atoms with E-state index in [1.165, 1.54) is 11.6 Å². The Morgan fingerprint density at radius 3 is 2.71 bits per heavy atom. The highest BCUT2D eigenvalue weighted by Crippen LogP contribution is 2.36. The fourth-order valence-corrected chi connectivity index (χ4v) is 2.00. The van der Waals surface area contributed by atoms with Gasteiger partial charge in [-0.05, 0) is 38.0 Å². The molecular weight excluding hydrogens is 176 g/mol. The first-order chi connectivity index (χ1) is 6.50. The van der Waals surface area contributed by atoms with Crippen molar-refractivity contribution in [2.45, 2.75) is 33.1 Å². The molecule has 78 valence electrons. The van der Waals surface area contributed by atoms with Crippen LogP contribution in [0, 0.1) is 11.8 Å². The zero-order valence-corrected chi connectivity index (χ0v) is 8.92. The lowest BCUT2D eigenvalue weighted by Crippen LogP contribution is -2.16. The van der Waals surface area contributed by atoms with Gasteiger partial charge in [-0.25, -0.2) is 4.79 Å². The van der Waals surface area contributed by atoms with Crippen LogP contribution in [-0.4, -0.2) is 11.1 Å². The van der Waals surface area contributed by atoms with Gasteiger partial charge in [0.1, 0.15) is 0 Å². The van der Waals surface area contributed by atoms with Gasteiger partial charge in [0.2, 0.25) is 0 Å². The van der Waals surface area contributed by atoms with E-state index in [-0.39, 0.29) is 0 Å². The predicted molar refractivity (Wildman–Crippen MR) is 57.0 cm³/mol. The molecule has 2 unspecified atom stereocenters.